The highest BCUT2D eigenvalue weighted by Crippen LogP contribution is 2.40. The Morgan fingerprint density at radius 2 is 1.66 bits per heavy atom. The number of amides is 1. The van der Waals surface area contributed by atoms with Crippen LogP contribution in [0, 0.1) is 6.92 Å². The van der Waals surface area contributed by atoms with E-state index < -0.39 is 6.04 Å². The third kappa shape index (κ3) is 4.52. The summed E-state index contributed by atoms with van der Waals surface area (Å²) in [5.41, 5.74) is 4.49. The maximum Gasteiger partial charge on any atom is 0.291 e. The summed E-state index contributed by atoms with van der Waals surface area (Å²) in [4.78, 5) is 29.3. The van der Waals surface area contributed by atoms with Crippen LogP contribution < -0.4 is 10.2 Å². The van der Waals surface area contributed by atoms with E-state index >= 15 is 0 Å². The van der Waals surface area contributed by atoms with Crippen molar-refractivity contribution in [2.24, 2.45) is 0 Å². The molecule has 4 aromatic carbocycles. The van der Waals surface area contributed by atoms with E-state index in [4.69, 9.17) is 9.15 Å². The van der Waals surface area contributed by atoms with E-state index in [0.717, 1.165) is 26.7 Å². The molecule has 0 spiro atoms. The number of rotatable bonds is 6. The molecule has 6 rings (SSSR count). The van der Waals surface area contributed by atoms with Gasteiger partial charge in [-0.2, -0.15) is 0 Å². The van der Waals surface area contributed by atoms with E-state index in [0.29, 0.717) is 35.4 Å². The normalized spacial score (nSPS) is 14.6. The van der Waals surface area contributed by atoms with Gasteiger partial charge in [0.25, 0.3) is 5.91 Å². The van der Waals surface area contributed by atoms with Crippen molar-refractivity contribution in [3.8, 4) is 5.75 Å². The highest BCUT2D eigenvalue weighted by molar-refractivity contribution is 9.10. The number of aryl methyl sites for hydroxylation is 1. The van der Waals surface area contributed by atoms with Crippen molar-refractivity contribution >= 4 is 32.8 Å². The molecule has 0 bridgehead atoms. The fourth-order valence-electron chi connectivity index (χ4n) is 4.91. The molecule has 0 N–H and O–H groups in total. The summed E-state index contributed by atoms with van der Waals surface area (Å²) in [7, 11) is 0. The van der Waals surface area contributed by atoms with Gasteiger partial charge in [-0.3, -0.25) is 9.59 Å². The number of fused-ring (bicyclic) bond motifs is 2. The number of carbonyl (C=O) groups is 1. The number of hydrogen-bond acceptors (Lipinski definition) is 4. The number of benzene rings is 4. The van der Waals surface area contributed by atoms with Gasteiger partial charge in [0.05, 0.1) is 17.0 Å². The van der Waals surface area contributed by atoms with Gasteiger partial charge in [-0.05, 0) is 53.9 Å². The lowest BCUT2D eigenvalue weighted by molar-refractivity contribution is 0.0714. The molecule has 6 heteroatoms. The van der Waals surface area contributed by atoms with E-state index in [1.807, 2.05) is 85.8 Å². The molecule has 0 fully saturated rings. The zero-order valence-corrected chi connectivity index (χ0v) is 22.3. The van der Waals surface area contributed by atoms with Crippen LogP contribution >= 0.6 is 15.9 Å². The summed E-state index contributed by atoms with van der Waals surface area (Å²) in [6, 6.07) is 30.2. The van der Waals surface area contributed by atoms with Gasteiger partial charge in [0.15, 0.2) is 5.43 Å². The minimum absolute atomic E-state index is 0.0949. The van der Waals surface area contributed by atoms with E-state index in [1.165, 1.54) is 0 Å². The minimum Gasteiger partial charge on any atom is -0.489 e. The Balaban J connectivity index is 1.45. The molecule has 188 valence electrons. The molecular weight excluding hydrogens is 542 g/mol. The second kappa shape index (κ2) is 9.95. The van der Waals surface area contributed by atoms with Gasteiger partial charge in [-0.25, -0.2) is 0 Å². The van der Waals surface area contributed by atoms with Crippen LogP contribution in [0.25, 0.3) is 11.0 Å². The second-order valence-corrected chi connectivity index (χ2v) is 10.4. The van der Waals surface area contributed by atoms with Gasteiger partial charge < -0.3 is 14.1 Å². The predicted molar refractivity (Wildman–Crippen MR) is 150 cm³/mol. The third-order valence-corrected chi connectivity index (χ3v) is 7.32. The molecule has 1 amide bonds. The van der Waals surface area contributed by atoms with Crippen molar-refractivity contribution in [3.63, 3.8) is 0 Å². The fourth-order valence-corrected chi connectivity index (χ4v) is 5.27. The average molecular weight is 566 g/mol. The van der Waals surface area contributed by atoms with Crippen molar-refractivity contribution < 1.29 is 13.9 Å². The summed E-state index contributed by atoms with van der Waals surface area (Å²) in [6.45, 7) is 2.78. The van der Waals surface area contributed by atoms with Crippen LogP contribution in [-0.4, -0.2) is 10.8 Å². The van der Waals surface area contributed by atoms with Gasteiger partial charge in [0, 0.05) is 11.0 Å². The summed E-state index contributed by atoms with van der Waals surface area (Å²) < 4.78 is 12.9. The number of halogens is 1. The first-order valence-electron chi connectivity index (χ1n) is 12.4. The van der Waals surface area contributed by atoms with Crippen LogP contribution in [0.2, 0.25) is 0 Å². The molecule has 2 heterocycles. The number of ether oxygens (including phenoxy) is 1. The summed E-state index contributed by atoms with van der Waals surface area (Å²) in [6.07, 6.45) is 0. The van der Waals surface area contributed by atoms with Crippen LogP contribution in [0.3, 0.4) is 0 Å². The van der Waals surface area contributed by atoms with Gasteiger partial charge >= 0.3 is 0 Å². The molecule has 0 aliphatic carbocycles. The summed E-state index contributed by atoms with van der Waals surface area (Å²) >= 11 is 3.45. The predicted octanol–water partition coefficient (Wildman–Crippen LogP) is 7.19. The standard InChI is InChI=1S/C32H24BrNO4/c1-20-10-12-21(13-11-20)18-34-29(23-8-5-9-25(16-23)37-19-22-6-3-2-4-7-22)28-30(35)26-17-24(33)14-15-27(26)38-31(28)32(34)36/h2-17,29H,18-19H2,1H3. The van der Waals surface area contributed by atoms with Gasteiger partial charge in [-0.1, -0.05) is 88.2 Å². The number of hydrogen-bond donors (Lipinski definition) is 0. The Kier molecular flexibility index (Phi) is 6.34. The molecule has 0 saturated heterocycles. The van der Waals surface area contributed by atoms with E-state index in [9.17, 15) is 9.59 Å². The molecule has 1 unspecified atom stereocenters. The van der Waals surface area contributed by atoms with Crippen LogP contribution in [0.4, 0.5) is 0 Å². The molecule has 1 aliphatic heterocycles. The molecule has 5 aromatic rings. The summed E-state index contributed by atoms with van der Waals surface area (Å²) in [5, 5.41) is 0.435. The van der Waals surface area contributed by atoms with Crippen LogP contribution in [0.1, 0.15) is 44.4 Å². The third-order valence-electron chi connectivity index (χ3n) is 6.82. The molecular formula is C32H24BrNO4. The minimum atomic E-state index is -0.612. The first-order chi connectivity index (χ1) is 18.5. The fraction of sp³-hybridized carbons (Fsp3) is 0.125. The molecule has 0 radical (unpaired) electrons. The Bertz CT molecular complexity index is 1710. The Hall–Kier alpha value is -4.16. The largest absolute Gasteiger partial charge is 0.489 e. The molecule has 5 nitrogen and oxygen atoms in total. The van der Waals surface area contributed by atoms with E-state index in [-0.39, 0.29) is 17.1 Å². The lowest BCUT2D eigenvalue weighted by atomic mass is 9.98. The van der Waals surface area contributed by atoms with Crippen molar-refractivity contribution in [3.05, 3.63) is 145 Å². The van der Waals surface area contributed by atoms with Crippen molar-refractivity contribution in [1.29, 1.82) is 0 Å². The number of nitrogens with zero attached hydrogens (tertiary/aromatic N) is 1. The van der Waals surface area contributed by atoms with Crippen LogP contribution in [0.15, 0.2) is 111 Å². The molecule has 38 heavy (non-hydrogen) atoms. The lowest BCUT2D eigenvalue weighted by Crippen LogP contribution is -2.29. The maximum atomic E-state index is 13.8. The molecule has 1 aliphatic rings. The number of carbonyl (C=O) groups excluding carboxylic acids is 1. The maximum absolute atomic E-state index is 13.8. The summed E-state index contributed by atoms with van der Waals surface area (Å²) in [5.74, 6) is 0.455. The van der Waals surface area contributed by atoms with E-state index in [2.05, 4.69) is 15.9 Å². The smallest absolute Gasteiger partial charge is 0.291 e. The first kappa shape index (κ1) is 24.2. The Morgan fingerprint density at radius 3 is 2.45 bits per heavy atom. The second-order valence-electron chi connectivity index (χ2n) is 9.48. The molecule has 0 saturated carbocycles. The van der Waals surface area contributed by atoms with Crippen LogP contribution in [0.5, 0.6) is 5.75 Å². The van der Waals surface area contributed by atoms with E-state index in [1.54, 1.807) is 23.1 Å². The quantitative estimate of drug-likeness (QED) is 0.218. The van der Waals surface area contributed by atoms with Crippen molar-refractivity contribution in [2.75, 3.05) is 0 Å². The zero-order valence-electron chi connectivity index (χ0n) is 20.7. The van der Waals surface area contributed by atoms with Crippen LogP contribution in [-0.2, 0) is 13.2 Å². The highest BCUT2D eigenvalue weighted by atomic mass is 79.9. The van der Waals surface area contributed by atoms with Crippen molar-refractivity contribution in [1.82, 2.24) is 4.90 Å². The van der Waals surface area contributed by atoms with Gasteiger partial charge in [0.2, 0.25) is 5.76 Å². The topological polar surface area (TPSA) is 59.8 Å². The molecule has 1 atom stereocenters. The highest BCUT2D eigenvalue weighted by Gasteiger charge is 2.42. The first-order valence-corrected chi connectivity index (χ1v) is 13.2. The average Bonchev–Trinajstić information content (AvgIpc) is 3.21. The lowest BCUT2D eigenvalue weighted by Gasteiger charge is -2.25. The Labute approximate surface area is 228 Å². The van der Waals surface area contributed by atoms with Crippen molar-refractivity contribution in [2.45, 2.75) is 26.1 Å². The van der Waals surface area contributed by atoms with Gasteiger partial charge in [-0.15, -0.1) is 0 Å². The van der Waals surface area contributed by atoms with Gasteiger partial charge in [0.1, 0.15) is 17.9 Å². The zero-order chi connectivity index (χ0) is 26.2. The monoisotopic (exact) mass is 565 g/mol. The Morgan fingerprint density at radius 1 is 0.868 bits per heavy atom. The molecule has 1 aromatic heterocycles. The SMILES string of the molecule is Cc1ccc(CN2C(=O)c3oc4ccc(Br)cc4c(=O)c3C2c2cccc(OCc3ccccc3)c2)cc1.